The zero-order valence-electron chi connectivity index (χ0n) is 21.0. The molecule has 3 aromatic rings. The highest BCUT2D eigenvalue weighted by atomic mass is 35.5. The molecule has 192 valence electrons. The lowest BCUT2D eigenvalue weighted by molar-refractivity contribution is -0.111. The van der Waals surface area contributed by atoms with E-state index in [9.17, 15) is 10.1 Å². The summed E-state index contributed by atoms with van der Waals surface area (Å²) in [5, 5.41) is 17.6. The number of nitrogens with zero attached hydrogens (tertiary/aromatic N) is 3. The fourth-order valence-corrected chi connectivity index (χ4v) is 4.39. The molecular formula is C28H30ClN5O3. The lowest BCUT2D eigenvalue weighted by Crippen LogP contribution is -2.36. The third kappa shape index (κ3) is 6.57. The summed E-state index contributed by atoms with van der Waals surface area (Å²) in [5.74, 6) is 0.245. The quantitative estimate of drug-likeness (QED) is 0.370. The summed E-state index contributed by atoms with van der Waals surface area (Å²) < 4.78 is 11.2. The second kappa shape index (κ2) is 12.5. The monoisotopic (exact) mass is 519 g/mol. The number of benzene rings is 2. The highest BCUT2D eigenvalue weighted by Gasteiger charge is 2.18. The van der Waals surface area contributed by atoms with E-state index in [1.54, 1.807) is 24.3 Å². The minimum Gasteiger partial charge on any atom is -0.492 e. The van der Waals surface area contributed by atoms with Crippen molar-refractivity contribution < 1.29 is 14.3 Å². The Balaban J connectivity index is 1.71. The zero-order chi connectivity index (χ0) is 26.2. The minimum absolute atomic E-state index is 0.267. The van der Waals surface area contributed by atoms with E-state index < -0.39 is 0 Å². The number of carbonyl (C=O) groups excluding carboxylic acids is 1. The van der Waals surface area contributed by atoms with Gasteiger partial charge in [0.2, 0.25) is 5.91 Å². The molecule has 37 heavy (non-hydrogen) atoms. The first-order chi connectivity index (χ1) is 18.0. The van der Waals surface area contributed by atoms with Crippen molar-refractivity contribution in [1.29, 1.82) is 5.26 Å². The van der Waals surface area contributed by atoms with Crippen LogP contribution in [0.1, 0.15) is 25.1 Å². The number of hydrogen-bond donors (Lipinski definition) is 2. The van der Waals surface area contributed by atoms with Crippen LogP contribution < -0.4 is 15.4 Å². The number of anilines is 3. The van der Waals surface area contributed by atoms with Gasteiger partial charge in [0, 0.05) is 47.9 Å². The average molecular weight is 520 g/mol. The fraction of sp³-hybridized carbons (Fsp3) is 0.321. The maximum atomic E-state index is 12.8. The van der Waals surface area contributed by atoms with Gasteiger partial charge in [0.1, 0.15) is 11.8 Å². The molecule has 9 heteroatoms. The van der Waals surface area contributed by atoms with Crippen LogP contribution in [0.25, 0.3) is 10.9 Å². The standard InChI is InChI=1S/C28H30ClN5O3/c1-3-23-22(18-30)28(31-20-8-5-7-19(29)15-20)21-16-25(26(37-4-2)17-24(21)32-23)33-27(35)9-6-10-34-11-13-36-14-12-34/h5-9,15-17H,3-4,10-14H2,1-2H3,(H,31,32)(H,33,35)/b9-6+. The largest absolute Gasteiger partial charge is 0.492 e. The van der Waals surface area contributed by atoms with Crippen molar-refractivity contribution in [3.63, 3.8) is 0 Å². The van der Waals surface area contributed by atoms with E-state index in [1.165, 1.54) is 6.08 Å². The molecule has 1 saturated heterocycles. The lowest BCUT2D eigenvalue weighted by atomic mass is 10.0. The summed E-state index contributed by atoms with van der Waals surface area (Å²) in [4.78, 5) is 19.8. The molecular weight excluding hydrogens is 490 g/mol. The van der Waals surface area contributed by atoms with Gasteiger partial charge in [-0.15, -0.1) is 0 Å². The molecule has 0 unspecified atom stereocenters. The number of aryl methyl sites for hydroxylation is 1. The van der Waals surface area contributed by atoms with Crippen LogP contribution in [-0.2, 0) is 16.0 Å². The molecule has 8 nitrogen and oxygen atoms in total. The summed E-state index contributed by atoms with van der Waals surface area (Å²) in [7, 11) is 0. The molecule has 1 aliphatic rings. The summed E-state index contributed by atoms with van der Waals surface area (Å²) >= 11 is 6.19. The van der Waals surface area contributed by atoms with Crippen molar-refractivity contribution in [1.82, 2.24) is 9.88 Å². The van der Waals surface area contributed by atoms with Crippen LogP contribution in [-0.4, -0.2) is 55.2 Å². The number of aromatic nitrogens is 1. The van der Waals surface area contributed by atoms with Gasteiger partial charge < -0.3 is 20.1 Å². The highest BCUT2D eigenvalue weighted by molar-refractivity contribution is 6.30. The molecule has 0 atom stereocenters. The van der Waals surface area contributed by atoms with Crippen molar-refractivity contribution in [3.8, 4) is 11.8 Å². The van der Waals surface area contributed by atoms with Gasteiger partial charge in [-0.05, 0) is 37.6 Å². The molecule has 1 amide bonds. The van der Waals surface area contributed by atoms with Gasteiger partial charge >= 0.3 is 0 Å². The summed E-state index contributed by atoms with van der Waals surface area (Å²) in [6.07, 6.45) is 3.95. The molecule has 0 aliphatic carbocycles. The number of amides is 1. The Labute approximate surface area is 221 Å². The van der Waals surface area contributed by atoms with E-state index in [0.717, 1.165) is 18.8 Å². The second-order valence-electron chi connectivity index (χ2n) is 8.51. The van der Waals surface area contributed by atoms with Gasteiger partial charge in [0.15, 0.2) is 0 Å². The second-order valence-corrected chi connectivity index (χ2v) is 8.95. The number of rotatable bonds is 9. The van der Waals surface area contributed by atoms with Crippen LogP contribution in [0.15, 0.2) is 48.6 Å². The van der Waals surface area contributed by atoms with Gasteiger partial charge in [0.25, 0.3) is 0 Å². The summed E-state index contributed by atoms with van der Waals surface area (Å²) in [5.41, 5.74) is 3.62. The Bertz CT molecular complexity index is 1350. The van der Waals surface area contributed by atoms with Crippen molar-refractivity contribution in [3.05, 3.63) is 64.8 Å². The van der Waals surface area contributed by atoms with Crippen molar-refractivity contribution in [2.45, 2.75) is 20.3 Å². The zero-order valence-corrected chi connectivity index (χ0v) is 21.8. The molecule has 1 fully saturated rings. The predicted molar refractivity (Wildman–Crippen MR) is 147 cm³/mol. The Morgan fingerprint density at radius 3 is 2.78 bits per heavy atom. The summed E-state index contributed by atoms with van der Waals surface area (Å²) in [6, 6.07) is 13.2. The van der Waals surface area contributed by atoms with E-state index in [0.29, 0.717) is 77.1 Å². The molecule has 0 saturated carbocycles. The number of ether oxygens (including phenoxy) is 2. The molecule has 4 rings (SSSR count). The maximum Gasteiger partial charge on any atom is 0.248 e. The number of hydrogen-bond acceptors (Lipinski definition) is 7. The normalized spacial score (nSPS) is 14.0. The minimum atomic E-state index is -0.267. The van der Waals surface area contributed by atoms with E-state index >= 15 is 0 Å². The van der Waals surface area contributed by atoms with Gasteiger partial charge in [0.05, 0.1) is 48.0 Å². The Hall–Kier alpha value is -3.64. The van der Waals surface area contributed by atoms with E-state index in [1.807, 2.05) is 32.1 Å². The van der Waals surface area contributed by atoms with Crippen LogP contribution in [0.3, 0.4) is 0 Å². The SMILES string of the molecule is CCOc1cc2nc(CC)c(C#N)c(Nc3cccc(Cl)c3)c2cc1NC(=O)/C=C/CN1CCOCC1. The van der Waals surface area contributed by atoms with Crippen LogP contribution in [0, 0.1) is 11.3 Å². The van der Waals surface area contributed by atoms with Crippen molar-refractivity contribution >= 4 is 45.5 Å². The number of halogens is 1. The predicted octanol–water partition coefficient (Wildman–Crippen LogP) is 5.29. The molecule has 1 aliphatic heterocycles. The molecule has 2 N–H and O–H groups in total. The van der Waals surface area contributed by atoms with E-state index in [-0.39, 0.29) is 5.91 Å². The lowest BCUT2D eigenvalue weighted by Gasteiger charge is -2.25. The third-order valence-electron chi connectivity index (χ3n) is 6.00. The smallest absolute Gasteiger partial charge is 0.248 e. The Morgan fingerprint density at radius 1 is 1.27 bits per heavy atom. The van der Waals surface area contributed by atoms with Gasteiger partial charge in [-0.2, -0.15) is 5.26 Å². The first-order valence-electron chi connectivity index (χ1n) is 12.4. The Kier molecular flexibility index (Phi) is 8.96. The number of morpholine rings is 1. The van der Waals surface area contributed by atoms with Crippen LogP contribution in [0.5, 0.6) is 5.75 Å². The highest BCUT2D eigenvalue weighted by Crippen LogP contribution is 2.37. The average Bonchev–Trinajstić information content (AvgIpc) is 2.90. The van der Waals surface area contributed by atoms with E-state index in [4.69, 9.17) is 26.1 Å². The first kappa shape index (κ1) is 26.4. The van der Waals surface area contributed by atoms with Gasteiger partial charge in [-0.1, -0.05) is 30.7 Å². The summed E-state index contributed by atoms with van der Waals surface area (Å²) in [6.45, 7) is 8.05. The molecule has 2 aromatic carbocycles. The molecule has 0 bridgehead atoms. The Morgan fingerprint density at radius 2 is 2.08 bits per heavy atom. The van der Waals surface area contributed by atoms with Crippen LogP contribution >= 0.6 is 11.6 Å². The molecule has 0 radical (unpaired) electrons. The van der Waals surface area contributed by atoms with Crippen LogP contribution in [0.4, 0.5) is 17.1 Å². The van der Waals surface area contributed by atoms with Crippen molar-refractivity contribution in [2.24, 2.45) is 0 Å². The van der Waals surface area contributed by atoms with E-state index in [2.05, 4.69) is 21.6 Å². The van der Waals surface area contributed by atoms with Gasteiger partial charge in [-0.3, -0.25) is 14.7 Å². The third-order valence-corrected chi connectivity index (χ3v) is 6.23. The first-order valence-corrected chi connectivity index (χ1v) is 12.7. The number of nitriles is 1. The maximum absolute atomic E-state index is 12.8. The van der Waals surface area contributed by atoms with Crippen molar-refractivity contribution in [2.75, 3.05) is 50.1 Å². The number of pyridine rings is 1. The molecule has 1 aromatic heterocycles. The molecule has 0 spiro atoms. The number of carbonyl (C=O) groups is 1. The number of fused-ring (bicyclic) bond motifs is 1. The number of nitrogens with one attached hydrogen (secondary N) is 2. The fourth-order valence-electron chi connectivity index (χ4n) is 4.20. The topological polar surface area (TPSA) is 99.5 Å². The van der Waals surface area contributed by atoms with Gasteiger partial charge in [-0.25, -0.2) is 0 Å². The van der Waals surface area contributed by atoms with Crippen LogP contribution in [0.2, 0.25) is 5.02 Å². The molecule has 2 heterocycles.